The van der Waals surface area contributed by atoms with E-state index in [1.807, 2.05) is 12.1 Å². The Kier molecular flexibility index (Phi) is 6.61. The Morgan fingerprint density at radius 3 is 2.00 bits per heavy atom. The number of aromatic nitrogens is 2. The van der Waals surface area contributed by atoms with Crippen LogP contribution in [0.4, 0.5) is 5.69 Å². The third-order valence-corrected chi connectivity index (χ3v) is 4.38. The summed E-state index contributed by atoms with van der Waals surface area (Å²) in [6, 6.07) is 12.2. The van der Waals surface area contributed by atoms with E-state index in [0.717, 1.165) is 11.1 Å². The Morgan fingerprint density at radius 2 is 1.45 bits per heavy atom. The van der Waals surface area contributed by atoms with Crippen LogP contribution in [0.25, 0.3) is 10.4 Å². The molecule has 2 aromatic heterocycles. The highest BCUT2D eigenvalue weighted by molar-refractivity contribution is 6.58. The molecule has 0 atom stereocenters. The summed E-state index contributed by atoms with van der Waals surface area (Å²) >= 11 is 0. The first-order valence-corrected chi connectivity index (χ1v) is 8.83. The van der Waals surface area contributed by atoms with Crippen molar-refractivity contribution in [1.29, 1.82) is 0 Å². The minimum absolute atomic E-state index is 0.358. The van der Waals surface area contributed by atoms with Gasteiger partial charge in [-0.05, 0) is 11.6 Å². The van der Waals surface area contributed by atoms with Gasteiger partial charge in [-0.3, -0.25) is 0 Å². The van der Waals surface area contributed by atoms with Gasteiger partial charge in [-0.1, -0.05) is 29.4 Å². The molecule has 0 saturated carbocycles. The van der Waals surface area contributed by atoms with Crippen LogP contribution >= 0.6 is 0 Å². The normalized spacial score (nSPS) is 10.3. The topological polar surface area (TPSA) is 137 Å². The SMILES string of the molecule is [N-]=[N+]=Nc1cc(C[n+]2cccc(B(O)O)c2)ccc1C[n+]1cccc(B(O)O)c1. The average molecular weight is 391 g/mol. The summed E-state index contributed by atoms with van der Waals surface area (Å²) in [7, 11) is -3.11. The third kappa shape index (κ3) is 5.41. The van der Waals surface area contributed by atoms with E-state index in [1.54, 1.807) is 64.3 Å². The molecule has 0 saturated heterocycles. The monoisotopic (exact) mass is 391 g/mol. The summed E-state index contributed by atoms with van der Waals surface area (Å²) in [5.74, 6) is 0. The van der Waals surface area contributed by atoms with Crippen molar-refractivity contribution in [1.82, 2.24) is 0 Å². The number of pyridine rings is 2. The van der Waals surface area contributed by atoms with E-state index in [9.17, 15) is 20.1 Å². The van der Waals surface area contributed by atoms with Crippen LogP contribution in [-0.4, -0.2) is 34.3 Å². The molecule has 0 radical (unpaired) electrons. The van der Waals surface area contributed by atoms with E-state index >= 15 is 0 Å². The van der Waals surface area contributed by atoms with Crippen molar-refractivity contribution in [2.75, 3.05) is 0 Å². The molecular formula is C18H19B2N5O4+2. The van der Waals surface area contributed by atoms with Gasteiger partial charge in [0.1, 0.15) is 0 Å². The maximum absolute atomic E-state index is 9.33. The number of azide groups is 1. The molecule has 0 aliphatic carbocycles. The molecule has 0 unspecified atom stereocenters. The number of nitrogens with zero attached hydrogens (tertiary/aromatic N) is 5. The smallest absolute Gasteiger partial charge is 0.423 e. The Bertz CT molecular complexity index is 1060. The lowest BCUT2D eigenvalue weighted by Crippen LogP contribution is -2.42. The largest absolute Gasteiger partial charge is 0.494 e. The van der Waals surface area contributed by atoms with Gasteiger partial charge in [-0.15, -0.1) is 0 Å². The first-order chi connectivity index (χ1) is 14.0. The maximum Gasteiger partial charge on any atom is 0.494 e. The van der Waals surface area contributed by atoms with E-state index in [0.29, 0.717) is 29.7 Å². The number of hydrogen-bond acceptors (Lipinski definition) is 5. The van der Waals surface area contributed by atoms with Gasteiger partial charge < -0.3 is 20.1 Å². The molecule has 11 heteroatoms. The van der Waals surface area contributed by atoms with Crippen molar-refractivity contribution in [2.24, 2.45) is 5.11 Å². The van der Waals surface area contributed by atoms with Crippen LogP contribution in [0.1, 0.15) is 11.1 Å². The summed E-state index contributed by atoms with van der Waals surface area (Å²) in [6.45, 7) is 0.836. The molecule has 3 rings (SSSR count). The van der Waals surface area contributed by atoms with Crippen LogP contribution in [-0.2, 0) is 13.1 Å². The summed E-state index contributed by atoms with van der Waals surface area (Å²) < 4.78 is 3.56. The second kappa shape index (κ2) is 9.33. The Balaban J connectivity index is 1.86. The predicted octanol–water partition coefficient (Wildman–Crippen LogP) is -1.34. The molecule has 3 aromatic rings. The Hall–Kier alpha value is -3.20. The third-order valence-electron chi connectivity index (χ3n) is 4.38. The highest BCUT2D eigenvalue weighted by Crippen LogP contribution is 2.21. The van der Waals surface area contributed by atoms with Gasteiger partial charge in [0.2, 0.25) is 0 Å². The average Bonchev–Trinajstić information content (AvgIpc) is 2.70. The van der Waals surface area contributed by atoms with Crippen LogP contribution in [0.3, 0.4) is 0 Å². The van der Waals surface area contributed by atoms with Gasteiger partial charge in [0.15, 0.2) is 37.9 Å². The van der Waals surface area contributed by atoms with Gasteiger partial charge in [0.05, 0.1) is 0 Å². The molecule has 4 N–H and O–H groups in total. The fourth-order valence-corrected chi connectivity index (χ4v) is 2.98. The highest BCUT2D eigenvalue weighted by atomic mass is 16.4. The lowest BCUT2D eigenvalue weighted by atomic mass is 9.82. The van der Waals surface area contributed by atoms with Gasteiger partial charge in [-0.25, -0.2) is 9.13 Å². The molecule has 9 nitrogen and oxygen atoms in total. The number of hydrogen-bond donors (Lipinski definition) is 4. The zero-order chi connectivity index (χ0) is 20.8. The molecule has 0 spiro atoms. The second-order valence-corrected chi connectivity index (χ2v) is 6.52. The minimum Gasteiger partial charge on any atom is -0.423 e. The molecule has 1 aromatic carbocycles. The predicted molar refractivity (Wildman–Crippen MR) is 106 cm³/mol. The standard InChI is InChI=1S/C18H19B2N5O4/c21-23-22-18-9-14(10-24-7-1-3-16(12-24)19(26)27)5-6-15(18)11-25-8-2-4-17(13-25)20(28)29/h1-9,12-13,26-29H,10-11H2/q+2. The van der Waals surface area contributed by atoms with Gasteiger partial charge in [0.25, 0.3) is 0 Å². The van der Waals surface area contributed by atoms with Gasteiger partial charge in [0, 0.05) is 44.8 Å². The van der Waals surface area contributed by atoms with E-state index in [4.69, 9.17) is 5.53 Å². The molecule has 29 heavy (non-hydrogen) atoms. The molecule has 2 heterocycles. The first-order valence-electron chi connectivity index (χ1n) is 8.83. The zero-order valence-electron chi connectivity index (χ0n) is 15.4. The summed E-state index contributed by atoms with van der Waals surface area (Å²) in [4.78, 5) is 2.90. The van der Waals surface area contributed by atoms with Gasteiger partial charge in [-0.2, -0.15) is 0 Å². The van der Waals surface area contributed by atoms with E-state index in [-0.39, 0.29) is 0 Å². The molecule has 0 amide bonds. The molecule has 0 aliphatic rings. The van der Waals surface area contributed by atoms with Gasteiger partial charge >= 0.3 is 14.2 Å². The Morgan fingerprint density at radius 1 is 0.862 bits per heavy atom. The van der Waals surface area contributed by atoms with Crippen molar-refractivity contribution in [3.05, 3.63) is 88.8 Å². The minimum atomic E-state index is -1.56. The molecule has 0 aliphatic heterocycles. The Labute approximate surface area is 167 Å². The first kappa shape index (κ1) is 20.5. The fourth-order valence-electron chi connectivity index (χ4n) is 2.98. The lowest BCUT2D eigenvalue weighted by Gasteiger charge is -2.06. The second-order valence-electron chi connectivity index (χ2n) is 6.52. The van der Waals surface area contributed by atoms with Crippen LogP contribution in [0.5, 0.6) is 0 Å². The fraction of sp³-hybridized carbons (Fsp3) is 0.111. The molecular weight excluding hydrogens is 372 g/mol. The molecule has 144 valence electrons. The van der Waals surface area contributed by atoms with Crippen LogP contribution < -0.4 is 20.1 Å². The summed E-state index contributed by atoms with van der Waals surface area (Å²) in [6.07, 6.45) is 6.82. The maximum atomic E-state index is 9.33. The van der Waals surface area contributed by atoms with Crippen molar-refractivity contribution in [3.63, 3.8) is 0 Å². The van der Waals surface area contributed by atoms with E-state index in [1.165, 1.54) is 0 Å². The van der Waals surface area contributed by atoms with Crippen molar-refractivity contribution in [2.45, 2.75) is 13.1 Å². The number of benzene rings is 1. The summed E-state index contributed by atoms with van der Waals surface area (Å²) in [5.41, 5.74) is 11.8. The highest BCUT2D eigenvalue weighted by Gasteiger charge is 2.17. The summed E-state index contributed by atoms with van der Waals surface area (Å²) in [5, 5.41) is 41.1. The molecule has 0 fully saturated rings. The van der Waals surface area contributed by atoms with Crippen LogP contribution in [0, 0.1) is 0 Å². The van der Waals surface area contributed by atoms with Crippen LogP contribution in [0.15, 0.2) is 72.4 Å². The molecule has 0 bridgehead atoms. The zero-order valence-corrected chi connectivity index (χ0v) is 15.4. The quantitative estimate of drug-likeness (QED) is 0.130. The van der Waals surface area contributed by atoms with Crippen molar-refractivity contribution >= 4 is 30.8 Å². The lowest BCUT2D eigenvalue weighted by molar-refractivity contribution is -0.688. The number of rotatable bonds is 7. The van der Waals surface area contributed by atoms with Crippen molar-refractivity contribution in [3.8, 4) is 0 Å². The van der Waals surface area contributed by atoms with E-state index < -0.39 is 14.2 Å². The van der Waals surface area contributed by atoms with Crippen LogP contribution in [0.2, 0.25) is 0 Å². The van der Waals surface area contributed by atoms with E-state index in [2.05, 4.69) is 10.0 Å². The van der Waals surface area contributed by atoms with Crippen molar-refractivity contribution < 1.29 is 29.2 Å².